The zero-order valence-electron chi connectivity index (χ0n) is 19.2. The maximum atomic E-state index is 12.9. The second kappa shape index (κ2) is 11.3. The Morgan fingerprint density at radius 3 is 2.50 bits per heavy atom. The van der Waals surface area contributed by atoms with Gasteiger partial charge in [-0.2, -0.15) is 4.99 Å². The lowest BCUT2D eigenvalue weighted by molar-refractivity contribution is -0.143. The van der Waals surface area contributed by atoms with Crippen LogP contribution in [0.3, 0.4) is 0 Å². The molecule has 3 aromatic rings. The number of aromatic nitrogens is 1. The van der Waals surface area contributed by atoms with Gasteiger partial charge >= 0.3 is 5.97 Å². The second-order valence-corrected chi connectivity index (χ2v) is 11.0. The molecule has 8 nitrogen and oxygen atoms in total. The fourth-order valence-electron chi connectivity index (χ4n) is 3.22. The SMILES string of the molecule is CCCCN(C)S(=O)(=O)c1ccc(C(=O)N=c2sc3cc(Cl)ccc3n2CC(=O)OCC)cc1. The van der Waals surface area contributed by atoms with Gasteiger partial charge in [0.25, 0.3) is 5.91 Å². The Morgan fingerprint density at radius 2 is 1.85 bits per heavy atom. The summed E-state index contributed by atoms with van der Waals surface area (Å²) in [6, 6.07) is 10.9. The van der Waals surface area contributed by atoms with Crippen molar-refractivity contribution in [2.45, 2.75) is 38.1 Å². The third-order valence-corrected chi connectivity index (χ3v) is 8.22. The molecule has 0 fully saturated rings. The number of carbonyl (C=O) groups excluding carboxylic acids is 2. The van der Waals surface area contributed by atoms with Crippen molar-refractivity contribution in [2.75, 3.05) is 20.2 Å². The Balaban J connectivity index is 1.95. The molecule has 1 aromatic heterocycles. The van der Waals surface area contributed by atoms with Crippen LogP contribution in [0.2, 0.25) is 5.02 Å². The molecule has 0 saturated heterocycles. The number of nitrogens with zero attached hydrogens (tertiary/aromatic N) is 3. The van der Waals surface area contributed by atoms with Crippen molar-refractivity contribution in [3.8, 4) is 0 Å². The van der Waals surface area contributed by atoms with E-state index in [2.05, 4.69) is 4.99 Å². The van der Waals surface area contributed by atoms with Gasteiger partial charge in [-0.15, -0.1) is 0 Å². The summed E-state index contributed by atoms with van der Waals surface area (Å²) in [5.74, 6) is -1.01. The van der Waals surface area contributed by atoms with Crippen molar-refractivity contribution < 1.29 is 22.7 Å². The fraction of sp³-hybridized carbons (Fsp3) is 0.348. The maximum absolute atomic E-state index is 12.9. The van der Waals surface area contributed by atoms with Gasteiger partial charge in [0.15, 0.2) is 4.80 Å². The largest absolute Gasteiger partial charge is 0.465 e. The minimum Gasteiger partial charge on any atom is -0.465 e. The van der Waals surface area contributed by atoms with E-state index >= 15 is 0 Å². The van der Waals surface area contributed by atoms with Gasteiger partial charge in [0.2, 0.25) is 10.0 Å². The minimum absolute atomic E-state index is 0.108. The number of halogens is 1. The molecular weight excluding hydrogens is 498 g/mol. The van der Waals surface area contributed by atoms with Crippen molar-refractivity contribution in [1.29, 1.82) is 0 Å². The van der Waals surface area contributed by atoms with E-state index in [9.17, 15) is 18.0 Å². The lowest BCUT2D eigenvalue weighted by Crippen LogP contribution is -2.27. The van der Waals surface area contributed by atoms with E-state index in [0.29, 0.717) is 21.9 Å². The molecule has 0 bridgehead atoms. The van der Waals surface area contributed by atoms with Crippen LogP contribution in [0.4, 0.5) is 0 Å². The van der Waals surface area contributed by atoms with E-state index in [-0.39, 0.29) is 23.6 Å². The van der Waals surface area contributed by atoms with E-state index in [0.717, 1.165) is 17.5 Å². The number of rotatable bonds is 9. The van der Waals surface area contributed by atoms with Gasteiger partial charge < -0.3 is 9.30 Å². The molecule has 3 rings (SSSR count). The van der Waals surface area contributed by atoms with E-state index < -0.39 is 21.9 Å². The molecule has 0 radical (unpaired) electrons. The molecule has 11 heteroatoms. The van der Waals surface area contributed by atoms with Crippen molar-refractivity contribution in [1.82, 2.24) is 8.87 Å². The summed E-state index contributed by atoms with van der Waals surface area (Å²) in [5.41, 5.74) is 0.930. The number of amides is 1. The number of benzene rings is 2. The van der Waals surface area contributed by atoms with Gasteiger partial charge in [0.05, 0.1) is 21.7 Å². The number of hydrogen-bond acceptors (Lipinski definition) is 6. The molecule has 0 aliphatic heterocycles. The number of ether oxygens (including phenoxy) is 1. The molecule has 1 amide bonds. The number of hydrogen-bond donors (Lipinski definition) is 0. The van der Waals surface area contributed by atoms with Crippen LogP contribution < -0.4 is 4.80 Å². The predicted octanol–water partition coefficient (Wildman–Crippen LogP) is 4.08. The van der Waals surface area contributed by atoms with Crippen molar-refractivity contribution >= 4 is 55.1 Å². The zero-order valence-corrected chi connectivity index (χ0v) is 21.5. The van der Waals surface area contributed by atoms with Gasteiger partial charge in [0, 0.05) is 24.2 Å². The molecule has 2 aromatic carbocycles. The fourth-order valence-corrected chi connectivity index (χ4v) is 5.74. The molecule has 0 unspecified atom stereocenters. The first-order valence-corrected chi connectivity index (χ1v) is 13.4. The van der Waals surface area contributed by atoms with E-state index in [4.69, 9.17) is 16.3 Å². The van der Waals surface area contributed by atoms with Crippen LogP contribution in [0.25, 0.3) is 10.2 Å². The first-order chi connectivity index (χ1) is 16.2. The summed E-state index contributed by atoms with van der Waals surface area (Å²) in [7, 11) is -2.10. The van der Waals surface area contributed by atoms with Crippen molar-refractivity contribution in [3.63, 3.8) is 0 Å². The second-order valence-electron chi connectivity index (χ2n) is 7.51. The number of thiazole rings is 1. The molecule has 0 saturated carbocycles. The molecule has 0 aliphatic rings. The normalized spacial score (nSPS) is 12.4. The Morgan fingerprint density at radius 1 is 1.15 bits per heavy atom. The number of fused-ring (bicyclic) bond motifs is 1. The minimum atomic E-state index is -3.63. The summed E-state index contributed by atoms with van der Waals surface area (Å²) in [5, 5.41) is 0.524. The van der Waals surface area contributed by atoms with Gasteiger partial charge in [-0.3, -0.25) is 9.59 Å². The Kier molecular flexibility index (Phi) is 8.64. The van der Waals surface area contributed by atoms with Crippen LogP contribution in [-0.4, -0.2) is 49.4 Å². The third kappa shape index (κ3) is 5.93. The smallest absolute Gasteiger partial charge is 0.326 e. The van der Waals surface area contributed by atoms with Crippen LogP contribution in [0.15, 0.2) is 52.4 Å². The lowest BCUT2D eigenvalue weighted by Gasteiger charge is -2.16. The quantitative estimate of drug-likeness (QED) is 0.393. The van der Waals surface area contributed by atoms with Gasteiger partial charge in [-0.1, -0.05) is 36.3 Å². The van der Waals surface area contributed by atoms with E-state index in [1.54, 1.807) is 29.7 Å². The highest BCUT2D eigenvalue weighted by Gasteiger charge is 2.20. The van der Waals surface area contributed by atoms with Crippen LogP contribution >= 0.6 is 22.9 Å². The molecule has 34 heavy (non-hydrogen) atoms. The predicted molar refractivity (Wildman–Crippen MR) is 133 cm³/mol. The van der Waals surface area contributed by atoms with Gasteiger partial charge in [-0.25, -0.2) is 12.7 Å². The molecule has 182 valence electrons. The zero-order chi connectivity index (χ0) is 24.9. The topological polar surface area (TPSA) is 98.0 Å². The first kappa shape index (κ1) is 26.1. The molecular formula is C23H26ClN3O5S2. The van der Waals surface area contributed by atoms with E-state index in [1.165, 1.54) is 47.0 Å². The van der Waals surface area contributed by atoms with Crippen LogP contribution in [0, 0.1) is 0 Å². The summed E-state index contributed by atoms with van der Waals surface area (Å²) in [6.07, 6.45) is 1.65. The molecule has 0 aliphatic carbocycles. The Labute approximate surface area is 207 Å². The molecule has 0 spiro atoms. The monoisotopic (exact) mass is 523 g/mol. The van der Waals surface area contributed by atoms with Crippen molar-refractivity contribution in [3.05, 3.63) is 57.9 Å². The third-order valence-electron chi connectivity index (χ3n) is 5.07. The average Bonchev–Trinajstić information content (AvgIpc) is 3.13. The van der Waals surface area contributed by atoms with Crippen LogP contribution in [0.1, 0.15) is 37.0 Å². The van der Waals surface area contributed by atoms with Crippen LogP contribution in [-0.2, 0) is 26.1 Å². The standard InChI is InChI=1S/C23H26ClN3O5S2/c1-4-6-13-26(3)34(30,31)18-10-7-16(8-11-18)22(29)25-23-27(15-21(28)32-5-2)19-12-9-17(24)14-20(19)33-23/h7-12,14H,4-6,13,15H2,1-3H3. The number of unbranched alkanes of at least 4 members (excludes halogenated alkanes) is 1. The van der Waals surface area contributed by atoms with Crippen LogP contribution in [0.5, 0.6) is 0 Å². The Hall–Kier alpha value is -2.53. The first-order valence-electron chi connectivity index (χ1n) is 10.8. The molecule has 0 N–H and O–H groups in total. The molecule has 1 heterocycles. The highest BCUT2D eigenvalue weighted by Crippen LogP contribution is 2.22. The van der Waals surface area contributed by atoms with Crippen molar-refractivity contribution in [2.24, 2.45) is 4.99 Å². The summed E-state index contributed by atoms with van der Waals surface area (Å²) >= 11 is 7.32. The number of sulfonamides is 1. The lowest BCUT2D eigenvalue weighted by atomic mass is 10.2. The number of esters is 1. The highest BCUT2D eigenvalue weighted by molar-refractivity contribution is 7.89. The summed E-state index contributed by atoms with van der Waals surface area (Å²) in [6.45, 7) is 4.26. The van der Waals surface area contributed by atoms with Gasteiger partial charge in [0.1, 0.15) is 6.54 Å². The van der Waals surface area contributed by atoms with E-state index in [1.807, 2.05) is 6.92 Å². The highest BCUT2D eigenvalue weighted by atomic mass is 35.5. The summed E-state index contributed by atoms with van der Waals surface area (Å²) in [4.78, 5) is 29.6. The average molecular weight is 524 g/mol. The van der Waals surface area contributed by atoms with Gasteiger partial charge in [-0.05, 0) is 55.8 Å². The maximum Gasteiger partial charge on any atom is 0.326 e. The Bertz CT molecular complexity index is 1360. The molecule has 0 atom stereocenters. The summed E-state index contributed by atoms with van der Waals surface area (Å²) < 4.78 is 34.1. The number of carbonyl (C=O) groups is 2.